The third kappa shape index (κ3) is 1.34. The van der Waals surface area contributed by atoms with Gasteiger partial charge in [-0.1, -0.05) is 6.92 Å². The van der Waals surface area contributed by atoms with E-state index in [1.54, 1.807) is 11.3 Å². The zero-order chi connectivity index (χ0) is 10.2. The number of hydrogen-bond donors (Lipinski definition) is 0. The molecule has 0 unspecified atom stereocenters. The number of rotatable bonds is 3. The van der Waals surface area contributed by atoms with Crippen molar-refractivity contribution in [3.8, 4) is 0 Å². The summed E-state index contributed by atoms with van der Waals surface area (Å²) in [5.74, 6) is -0.134. The van der Waals surface area contributed by atoms with E-state index in [0.29, 0.717) is 0 Å². The fourth-order valence-corrected chi connectivity index (χ4v) is 2.42. The van der Waals surface area contributed by atoms with Crippen LogP contribution in [0.5, 0.6) is 0 Å². The van der Waals surface area contributed by atoms with Crippen LogP contribution in [0.2, 0.25) is 0 Å². The van der Waals surface area contributed by atoms with Gasteiger partial charge in [0.15, 0.2) is 0 Å². The predicted octanol–water partition coefficient (Wildman–Crippen LogP) is 1.91. The minimum Gasteiger partial charge on any atom is -0.468 e. The van der Waals surface area contributed by atoms with Gasteiger partial charge in [-0.05, 0) is 19.3 Å². The molecule has 0 aliphatic heterocycles. The molecule has 2 rings (SSSR count). The normalized spacial score (nSPS) is 17.9. The van der Waals surface area contributed by atoms with Crippen molar-refractivity contribution in [2.75, 3.05) is 7.11 Å². The van der Waals surface area contributed by atoms with Gasteiger partial charge in [0.1, 0.15) is 5.41 Å². The van der Waals surface area contributed by atoms with Gasteiger partial charge in [-0.25, -0.2) is 4.98 Å². The molecule has 4 heteroatoms. The number of aryl methyl sites for hydroxylation is 1. The third-order valence-corrected chi connectivity index (χ3v) is 3.66. The highest BCUT2D eigenvalue weighted by molar-refractivity contribution is 7.09. The number of ether oxygens (including phenoxy) is 1. The fraction of sp³-hybridized carbons (Fsp3) is 0.600. The van der Waals surface area contributed by atoms with Crippen LogP contribution in [-0.2, 0) is 21.4 Å². The second kappa shape index (κ2) is 3.35. The minimum absolute atomic E-state index is 0.134. The highest BCUT2D eigenvalue weighted by atomic mass is 32.1. The van der Waals surface area contributed by atoms with Crippen LogP contribution in [0.1, 0.15) is 30.5 Å². The summed E-state index contributed by atoms with van der Waals surface area (Å²) >= 11 is 1.63. The molecule has 1 aliphatic rings. The van der Waals surface area contributed by atoms with E-state index in [1.807, 2.05) is 5.38 Å². The zero-order valence-electron chi connectivity index (χ0n) is 8.37. The summed E-state index contributed by atoms with van der Waals surface area (Å²) in [6.45, 7) is 2.07. The van der Waals surface area contributed by atoms with Gasteiger partial charge in [0.25, 0.3) is 0 Å². The van der Waals surface area contributed by atoms with Crippen LogP contribution in [0.25, 0.3) is 0 Å². The van der Waals surface area contributed by atoms with E-state index in [4.69, 9.17) is 4.74 Å². The number of carbonyl (C=O) groups is 1. The molecule has 0 spiro atoms. The molecule has 0 aromatic carbocycles. The molecule has 0 amide bonds. The van der Waals surface area contributed by atoms with Gasteiger partial charge >= 0.3 is 5.97 Å². The largest absolute Gasteiger partial charge is 0.468 e. The van der Waals surface area contributed by atoms with Gasteiger partial charge in [0.05, 0.1) is 17.8 Å². The van der Waals surface area contributed by atoms with Gasteiger partial charge in [0, 0.05) is 5.38 Å². The van der Waals surface area contributed by atoms with E-state index in [0.717, 1.165) is 30.0 Å². The molecule has 1 aliphatic carbocycles. The van der Waals surface area contributed by atoms with Crippen LogP contribution in [0, 0.1) is 0 Å². The van der Waals surface area contributed by atoms with Crippen molar-refractivity contribution < 1.29 is 9.53 Å². The number of hydrogen-bond acceptors (Lipinski definition) is 4. The Morgan fingerprint density at radius 3 is 2.86 bits per heavy atom. The lowest BCUT2D eigenvalue weighted by Gasteiger charge is -2.08. The Morgan fingerprint density at radius 2 is 2.43 bits per heavy atom. The summed E-state index contributed by atoms with van der Waals surface area (Å²) in [6.07, 6.45) is 2.70. The van der Waals surface area contributed by atoms with Gasteiger partial charge in [0.2, 0.25) is 0 Å². The van der Waals surface area contributed by atoms with E-state index in [9.17, 15) is 4.79 Å². The lowest BCUT2D eigenvalue weighted by molar-refractivity contribution is -0.143. The Labute approximate surface area is 87.1 Å². The molecule has 76 valence electrons. The first kappa shape index (κ1) is 9.65. The molecule has 0 radical (unpaired) electrons. The highest BCUT2D eigenvalue weighted by Crippen LogP contribution is 2.49. The molecule has 0 bridgehead atoms. The molecule has 1 fully saturated rings. The average Bonchev–Trinajstić information content (AvgIpc) is 2.89. The Morgan fingerprint density at radius 1 is 1.71 bits per heavy atom. The molecule has 0 N–H and O–H groups in total. The van der Waals surface area contributed by atoms with Crippen LogP contribution >= 0.6 is 11.3 Å². The second-order valence-electron chi connectivity index (χ2n) is 3.55. The van der Waals surface area contributed by atoms with Gasteiger partial charge in [-0.15, -0.1) is 11.3 Å². The third-order valence-electron chi connectivity index (χ3n) is 2.67. The van der Waals surface area contributed by atoms with E-state index >= 15 is 0 Å². The molecule has 1 heterocycles. The van der Waals surface area contributed by atoms with Crippen molar-refractivity contribution in [1.29, 1.82) is 0 Å². The summed E-state index contributed by atoms with van der Waals surface area (Å²) in [5, 5.41) is 3.08. The first-order valence-corrected chi connectivity index (χ1v) is 5.64. The molecule has 1 aromatic heterocycles. The molecule has 0 atom stereocenters. The number of carbonyl (C=O) groups excluding carboxylic acids is 1. The number of methoxy groups -OCH3 is 1. The number of nitrogens with zero attached hydrogens (tertiary/aromatic N) is 1. The Balaban J connectivity index is 2.26. The fourth-order valence-electron chi connectivity index (χ4n) is 1.58. The Kier molecular flexibility index (Phi) is 2.31. The first-order valence-electron chi connectivity index (χ1n) is 4.76. The topological polar surface area (TPSA) is 39.2 Å². The standard InChI is InChI=1S/C10H13NO2S/c1-3-8-11-7(6-14-8)10(4-5-10)9(12)13-2/h6H,3-5H2,1-2H3. The average molecular weight is 211 g/mol. The lowest BCUT2D eigenvalue weighted by Crippen LogP contribution is -2.22. The monoisotopic (exact) mass is 211 g/mol. The van der Waals surface area contributed by atoms with Crippen LogP contribution < -0.4 is 0 Å². The van der Waals surface area contributed by atoms with E-state index in [1.165, 1.54) is 7.11 Å². The van der Waals surface area contributed by atoms with Crippen LogP contribution in [0.15, 0.2) is 5.38 Å². The van der Waals surface area contributed by atoms with Crippen LogP contribution in [0.3, 0.4) is 0 Å². The van der Waals surface area contributed by atoms with Crippen molar-refractivity contribution >= 4 is 17.3 Å². The van der Waals surface area contributed by atoms with Gasteiger partial charge < -0.3 is 4.74 Å². The summed E-state index contributed by atoms with van der Waals surface area (Å²) in [4.78, 5) is 16.0. The Bertz CT molecular complexity index is 355. The molecule has 14 heavy (non-hydrogen) atoms. The second-order valence-corrected chi connectivity index (χ2v) is 4.50. The minimum atomic E-state index is -0.390. The maximum atomic E-state index is 11.5. The maximum Gasteiger partial charge on any atom is 0.317 e. The van der Waals surface area contributed by atoms with E-state index in [2.05, 4.69) is 11.9 Å². The maximum absolute atomic E-state index is 11.5. The van der Waals surface area contributed by atoms with Gasteiger partial charge in [-0.3, -0.25) is 4.79 Å². The van der Waals surface area contributed by atoms with E-state index in [-0.39, 0.29) is 5.97 Å². The molecule has 3 nitrogen and oxygen atoms in total. The molecule has 1 saturated carbocycles. The predicted molar refractivity (Wildman–Crippen MR) is 54.4 cm³/mol. The smallest absolute Gasteiger partial charge is 0.317 e. The Hall–Kier alpha value is -0.900. The molecular weight excluding hydrogens is 198 g/mol. The summed E-state index contributed by atoms with van der Waals surface area (Å²) < 4.78 is 4.80. The first-order chi connectivity index (χ1) is 6.73. The molecule has 0 saturated heterocycles. The van der Waals surface area contributed by atoms with Crippen molar-refractivity contribution in [2.24, 2.45) is 0 Å². The summed E-state index contributed by atoms with van der Waals surface area (Å²) in [5.41, 5.74) is 0.518. The number of thiazole rings is 1. The van der Waals surface area contributed by atoms with Crippen molar-refractivity contribution in [3.63, 3.8) is 0 Å². The zero-order valence-corrected chi connectivity index (χ0v) is 9.19. The quantitative estimate of drug-likeness (QED) is 0.717. The van der Waals surface area contributed by atoms with Gasteiger partial charge in [-0.2, -0.15) is 0 Å². The lowest BCUT2D eigenvalue weighted by atomic mass is 10.0. The van der Waals surface area contributed by atoms with Crippen LogP contribution in [0.4, 0.5) is 0 Å². The SMILES string of the molecule is CCc1nc(C2(C(=O)OC)CC2)cs1. The van der Waals surface area contributed by atoms with Crippen molar-refractivity contribution in [3.05, 3.63) is 16.1 Å². The summed E-state index contributed by atoms with van der Waals surface area (Å²) in [6, 6.07) is 0. The molecule has 1 aromatic rings. The summed E-state index contributed by atoms with van der Waals surface area (Å²) in [7, 11) is 1.44. The highest BCUT2D eigenvalue weighted by Gasteiger charge is 2.54. The number of aromatic nitrogens is 1. The number of esters is 1. The molecular formula is C10H13NO2S. The van der Waals surface area contributed by atoms with E-state index < -0.39 is 5.41 Å². The van der Waals surface area contributed by atoms with Crippen molar-refractivity contribution in [2.45, 2.75) is 31.6 Å². The van der Waals surface area contributed by atoms with Crippen molar-refractivity contribution in [1.82, 2.24) is 4.98 Å². The van der Waals surface area contributed by atoms with Crippen LogP contribution in [-0.4, -0.2) is 18.1 Å².